The van der Waals surface area contributed by atoms with E-state index in [0.29, 0.717) is 5.69 Å². The van der Waals surface area contributed by atoms with Crippen molar-refractivity contribution in [3.05, 3.63) is 23.8 Å². The van der Waals surface area contributed by atoms with Crippen LogP contribution in [0.15, 0.2) is 18.2 Å². The van der Waals surface area contributed by atoms with Crippen molar-refractivity contribution >= 4 is 23.3 Å². The minimum absolute atomic E-state index is 0.0183. The molecule has 1 amide bonds. The van der Waals surface area contributed by atoms with E-state index < -0.39 is 12.1 Å². The minimum Gasteiger partial charge on any atom is -0.449 e. The maximum Gasteiger partial charge on any atom is 0.341 e. The van der Waals surface area contributed by atoms with Gasteiger partial charge in [0.2, 0.25) is 0 Å². The summed E-state index contributed by atoms with van der Waals surface area (Å²) in [7, 11) is 0. The van der Waals surface area contributed by atoms with Gasteiger partial charge in [0.15, 0.2) is 6.10 Å². The van der Waals surface area contributed by atoms with Crippen molar-refractivity contribution in [3.63, 3.8) is 0 Å². The zero-order valence-electron chi connectivity index (χ0n) is 11.3. The number of esters is 1. The van der Waals surface area contributed by atoms with Crippen LogP contribution >= 0.6 is 0 Å². The Morgan fingerprint density at radius 1 is 1.21 bits per heavy atom. The van der Waals surface area contributed by atoms with E-state index in [0.717, 1.165) is 0 Å². The van der Waals surface area contributed by atoms with Crippen LogP contribution < -0.4 is 16.8 Å². The van der Waals surface area contributed by atoms with Crippen molar-refractivity contribution in [2.75, 3.05) is 11.5 Å². The minimum atomic E-state index is -0.883. The lowest BCUT2D eigenvalue weighted by Crippen LogP contribution is -2.39. The van der Waals surface area contributed by atoms with E-state index in [-0.39, 0.29) is 23.2 Å². The number of amides is 1. The fourth-order valence-corrected chi connectivity index (χ4v) is 1.45. The molecule has 1 aromatic carbocycles. The molecule has 5 N–H and O–H groups in total. The highest BCUT2D eigenvalue weighted by atomic mass is 16.5. The Morgan fingerprint density at radius 2 is 1.84 bits per heavy atom. The summed E-state index contributed by atoms with van der Waals surface area (Å²) >= 11 is 0. The quantitative estimate of drug-likeness (QED) is 0.554. The summed E-state index contributed by atoms with van der Waals surface area (Å²) in [6.45, 7) is 5.15. The van der Waals surface area contributed by atoms with Crippen LogP contribution in [0.25, 0.3) is 0 Å². The summed E-state index contributed by atoms with van der Waals surface area (Å²) in [6.07, 6.45) is -0.883. The van der Waals surface area contributed by atoms with E-state index >= 15 is 0 Å². The summed E-state index contributed by atoms with van der Waals surface area (Å²) < 4.78 is 5.05. The molecule has 0 radical (unpaired) electrons. The maximum absolute atomic E-state index is 11.9. The second-order valence-corrected chi connectivity index (χ2v) is 4.56. The first kappa shape index (κ1) is 14.8. The molecule has 0 spiro atoms. The van der Waals surface area contributed by atoms with Crippen molar-refractivity contribution in [1.82, 2.24) is 5.32 Å². The summed E-state index contributed by atoms with van der Waals surface area (Å²) in [5.41, 5.74) is 12.1. The molecule has 0 saturated carbocycles. The van der Waals surface area contributed by atoms with Crippen molar-refractivity contribution in [2.24, 2.45) is 0 Å². The number of hydrogen-bond donors (Lipinski definition) is 3. The lowest BCUT2D eigenvalue weighted by molar-refractivity contribution is -0.129. The molecular formula is C13H19N3O3. The van der Waals surface area contributed by atoms with Crippen LogP contribution in [0.3, 0.4) is 0 Å². The summed E-state index contributed by atoms with van der Waals surface area (Å²) in [5.74, 6) is -0.999. The number of ether oxygens (including phenoxy) is 1. The van der Waals surface area contributed by atoms with E-state index in [4.69, 9.17) is 16.2 Å². The molecule has 19 heavy (non-hydrogen) atoms. The van der Waals surface area contributed by atoms with Gasteiger partial charge < -0.3 is 21.5 Å². The first-order valence-electron chi connectivity index (χ1n) is 5.97. The van der Waals surface area contributed by atoms with Crippen LogP contribution in [0.1, 0.15) is 31.1 Å². The highest BCUT2D eigenvalue weighted by molar-refractivity contribution is 5.97. The zero-order chi connectivity index (χ0) is 14.6. The number of benzene rings is 1. The smallest absolute Gasteiger partial charge is 0.341 e. The second kappa shape index (κ2) is 6.08. The van der Waals surface area contributed by atoms with Gasteiger partial charge in [0.25, 0.3) is 5.91 Å². The lowest BCUT2D eigenvalue weighted by atomic mass is 10.1. The van der Waals surface area contributed by atoms with Crippen molar-refractivity contribution in [3.8, 4) is 0 Å². The van der Waals surface area contributed by atoms with Crippen LogP contribution in [0.2, 0.25) is 0 Å². The predicted octanol–water partition coefficient (Wildman–Crippen LogP) is 0.921. The number of rotatable bonds is 4. The number of nitrogens with one attached hydrogen (secondary N) is 1. The van der Waals surface area contributed by atoms with E-state index in [2.05, 4.69) is 5.32 Å². The van der Waals surface area contributed by atoms with Crippen LogP contribution in [0.5, 0.6) is 0 Å². The lowest BCUT2D eigenvalue weighted by Gasteiger charge is -2.16. The summed E-state index contributed by atoms with van der Waals surface area (Å²) in [4.78, 5) is 23.5. The average molecular weight is 265 g/mol. The topological polar surface area (TPSA) is 107 Å². The molecule has 1 atom stereocenters. The molecule has 0 aliphatic carbocycles. The predicted molar refractivity (Wildman–Crippen MR) is 73.4 cm³/mol. The summed E-state index contributed by atoms with van der Waals surface area (Å²) in [6, 6.07) is 4.47. The molecular weight excluding hydrogens is 246 g/mol. The SMILES string of the molecule is CC(C)NC(=O)C(C)OC(=O)c1ccc(N)cc1N. The third-order valence-corrected chi connectivity index (χ3v) is 2.38. The number of carbonyl (C=O) groups excluding carboxylic acids is 2. The summed E-state index contributed by atoms with van der Waals surface area (Å²) in [5, 5.41) is 2.66. The highest BCUT2D eigenvalue weighted by Crippen LogP contribution is 2.17. The average Bonchev–Trinajstić information content (AvgIpc) is 2.27. The molecule has 0 bridgehead atoms. The number of carbonyl (C=O) groups is 2. The molecule has 0 fully saturated rings. The first-order valence-corrected chi connectivity index (χ1v) is 5.97. The van der Waals surface area contributed by atoms with E-state index in [1.165, 1.54) is 19.1 Å². The van der Waals surface area contributed by atoms with Gasteiger partial charge in [-0.2, -0.15) is 0 Å². The molecule has 1 aromatic rings. The van der Waals surface area contributed by atoms with E-state index in [9.17, 15) is 9.59 Å². The van der Waals surface area contributed by atoms with Crippen LogP contribution in [-0.2, 0) is 9.53 Å². The third kappa shape index (κ3) is 4.17. The van der Waals surface area contributed by atoms with Gasteiger partial charge >= 0.3 is 5.97 Å². The largest absolute Gasteiger partial charge is 0.449 e. The zero-order valence-corrected chi connectivity index (χ0v) is 11.3. The molecule has 0 aliphatic rings. The van der Waals surface area contributed by atoms with Gasteiger partial charge in [-0.1, -0.05) is 0 Å². The first-order chi connectivity index (χ1) is 8.81. The Hall–Kier alpha value is -2.24. The van der Waals surface area contributed by atoms with E-state index in [1.807, 2.05) is 13.8 Å². The normalized spacial score (nSPS) is 12.0. The standard InChI is InChI=1S/C13H19N3O3/c1-7(2)16-12(17)8(3)19-13(18)10-5-4-9(14)6-11(10)15/h4-8H,14-15H2,1-3H3,(H,16,17). The third-order valence-electron chi connectivity index (χ3n) is 2.38. The monoisotopic (exact) mass is 265 g/mol. The van der Waals surface area contributed by atoms with Gasteiger partial charge in [0, 0.05) is 17.4 Å². The van der Waals surface area contributed by atoms with Crippen molar-refractivity contribution < 1.29 is 14.3 Å². The van der Waals surface area contributed by atoms with Crippen LogP contribution in [-0.4, -0.2) is 24.0 Å². The van der Waals surface area contributed by atoms with Gasteiger partial charge in [-0.3, -0.25) is 4.79 Å². The Labute approximate surface area is 112 Å². The number of nitrogen functional groups attached to an aromatic ring is 2. The molecule has 0 heterocycles. The molecule has 104 valence electrons. The number of anilines is 2. The Bertz CT molecular complexity index is 486. The van der Waals surface area contributed by atoms with Crippen LogP contribution in [0.4, 0.5) is 11.4 Å². The van der Waals surface area contributed by atoms with Gasteiger partial charge in [-0.25, -0.2) is 4.79 Å². The van der Waals surface area contributed by atoms with Crippen molar-refractivity contribution in [1.29, 1.82) is 0 Å². The maximum atomic E-state index is 11.9. The highest BCUT2D eigenvalue weighted by Gasteiger charge is 2.20. The van der Waals surface area contributed by atoms with E-state index in [1.54, 1.807) is 6.07 Å². The molecule has 1 rings (SSSR count). The molecule has 6 heteroatoms. The molecule has 6 nitrogen and oxygen atoms in total. The molecule has 0 aromatic heterocycles. The van der Waals surface area contributed by atoms with Crippen LogP contribution in [0, 0.1) is 0 Å². The Kier molecular flexibility index (Phi) is 4.74. The number of nitrogens with two attached hydrogens (primary N) is 2. The molecule has 1 unspecified atom stereocenters. The van der Waals surface area contributed by atoms with Gasteiger partial charge in [-0.15, -0.1) is 0 Å². The molecule has 0 aliphatic heterocycles. The van der Waals surface area contributed by atoms with Gasteiger partial charge in [0.05, 0.1) is 5.56 Å². The van der Waals surface area contributed by atoms with Gasteiger partial charge in [-0.05, 0) is 39.0 Å². The number of hydrogen-bond acceptors (Lipinski definition) is 5. The second-order valence-electron chi connectivity index (χ2n) is 4.56. The van der Waals surface area contributed by atoms with Crippen molar-refractivity contribution in [2.45, 2.75) is 32.9 Å². The Morgan fingerprint density at radius 3 is 2.37 bits per heavy atom. The Balaban J connectivity index is 2.71. The fourth-order valence-electron chi connectivity index (χ4n) is 1.45. The molecule has 0 saturated heterocycles. The fraction of sp³-hybridized carbons (Fsp3) is 0.385. The van der Waals surface area contributed by atoms with Gasteiger partial charge in [0.1, 0.15) is 0 Å².